The minimum absolute atomic E-state index is 0.0341. The number of hydrogen-bond donors (Lipinski definition) is 2. The van der Waals surface area contributed by atoms with Crippen molar-refractivity contribution in [2.75, 3.05) is 6.54 Å². The highest BCUT2D eigenvalue weighted by Gasteiger charge is 2.24. The maximum atomic E-state index is 13.1. The lowest BCUT2D eigenvalue weighted by molar-refractivity contribution is 0.113. The van der Waals surface area contributed by atoms with Crippen LogP contribution >= 0.6 is 15.9 Å². The van der Waals surface area contributed by atoms with Crippen LogP contribution in [0.4, 0.5) is 4.39 Å². The molecule has 1 aliphatic rings. The molecular formula is C12H15BrFNO. The molecule has 88 valence electrons. The molecule has 0 aromatic heterocycles. The number of aliphatic hydroxyl groups excluding tert-OH is 1. The first-order valence-corrected chi connectivity index (χ1v) is 6.34. The lowest BCUT2D eigenvalue weighted by Gasteiger charge is -2.28. The number of nitrogens with one attached hydrogen (secondary N) is 1. The summed E-state index contributed by atoms with van der Waals surface area (Å²) in [5.41, 5.74) is 0.624. The van der Waals surface area contributed by atoms with Crippen molar-refractivity contribution in [3.05, 3.63) is 34.1 Å². The fraction of sp³-hybridized carbons (Fsp3) is 0.500. The minimum atomic E-state index is -0.648. The summed E-state index contributed by atoms with van der Waals surface area (Å²) in [6, 6.07) is 4.45. The molecule has 16 heavy (non-hydrogen) atoms. The van der Waals surface area contributed by atoms with Gasteiger partial charge in [0.2, 0.25) is 0 Å². The fourth-order valence-corrected chi connectivity index (χ4v) is 2.59. The average Bonchev–Trinajstić information content (AvgIpc) is 2.32. The van der Waals surface area contributed by atoms with Gasteiger partial charge in [-0.05, 0) is 43.1 Å². The van der Waals surface area contributed by atoms with E-state index in [1.807, 2.05) is 0 Å². The van der Waals surface area contributed by atoms with Gasteiger partial charge in [-0.3, -0.25) is 0 Å². The van der Waals surface area contributed by atoms with Gasteiger partial charge in [-0.25, -0.2) is 4.39 Å². The van der Waals surface area contributed by atoms with E-state index in [1.54, 1.807) is 6.07 Å². The molecule has 2 unspecified atom stereocenters. The van der Waals surface area contributed by atoms with E-state index in [-0.39, 0.29) is 11.9 Å². The van der Waals surface area contributed by atoms with Crippen molar-refractivity contribution in [2.45, 2.75) is 31.4 Å². The van der Waals surface area contributed by atoms with E-state index < -0.39 is 6.10 Å². The number of aliphatic hydroxyl groups is 1. The number of hydrogen-bond acceptors (Lipinski definition) is 2. The molecule has 0 amide bonds. The highest BCUT2D eigenvalue weighted by Crippen LogP contribution is 2.29. The zero-order valence-corrected chi connectivity index (χ0v) is 10.5. The molecule has 1 aromatic carbocycles. The van der Waals surface area contributed by atoms with E-state index in [1.165, 1.54) is 12.1 Å². The molecule has 4 heteroatoms. The molecule has 1 heterocycles. The second-order valence-electron chi connectivity index (χ2n) is 4.17. The fourth-order valence-electron chi connectivity index (χ4n) is 2.11. The van der Waals surface area contributed by atoms with E-state index in [4.69, 9.17) is 0 Å². The second kappa shape index (κ2) is 5.25. The number of halogens is 2. The van der Waals surface area contributed by atoms with Crippen LogP contribution in [0.15, 0.2) is 22.7 Å². The molecule has 1 aliphatic heterocycles. The summed E-state index contributed by atoms with van der Waals surface area (Å²) in [6.07, 6.45) is 2.55. The number of rotatable bonds is 2. The SMILES string of the molecule is OC(c1cc(F)ccc1Br)C1CCCCN1. The van der Waals surface area contributed by atoms with Gasteiger partial charge in [0.25, 0.3) is 0 Å². The Balaban J connectivity index is 2.18. The van der Waals surface area contributed by atoms with Crippen molar-refractivity contribution in [3.63, 3.8) is 0 Å². The highest BCUT2D eigenvalue weighted by molar-refractivity contribution is 9.10. The van der Waals surface area contributed by atoms with Gasteiger partial charge in [0.05, 0.1) is 6.10 Å². The third kappa shape index (κ3) is 2.62. The van der Waals surface area contributed by atoms with Gasteiger partial charge in [-0.15, -0.1) is 0 Å². The molecule has 0 spiro atoms. The Kier molecular flexibility index (Phi) is 3.95. The zero-order valence-electron chi connectivity index (χ0n) is 8.92. The molecule has 1 fully saturated rings. The van der Waals surface area contributed by atoms with Crippen molar-refractivity contribution in [1.29, 1.82) is 0 Å². The maximum absolute atomic E-state index is 13.1. The summed E-state index contributed by atoms with van der Waals surface area (Å²) in [5, 5.41) is 13.5. The summed E-state index contributed by atoms with van der Waals surface area (Å²) < 4.78 is 13.9. The van der Waals surface area contributed by atoms with Crippen LogP contribution in [0.3, 0.4) is 0 Å². The molecule has 2 nitrogen and oxygen atoms in total. The molecule has 2 rings (SSSR count). The molecule has 0 aliphatic carbocycles. The van der Waals surface area contributed by atoms with E-state index in [9.17, 15) is 9.50 Å². The largest absolute Gasteiger partial charge is 0.387 e. The van der Waals surface area contributed by atoms with E-state index in [2.05, 4.69) is 21.2 Å². The first kappa shape index (κ1) is 12.0. The molecular weight excluding hydrogens is 273 g/mol. The topological polar surface area (TPSA) is 32.3 Å². The lowest BCUT2D eigenvalue weighted by Crippen LogP contribution is -2.38. The smallest absolute Gasteiger partial charge is 0.123 e. The highest BCUT2D eigenvalue weighted by atomic mass is 79.9. The van der Waals surface area contributed by atoms with Crippen molar-refractivity contribution in [2.24, 2.45) is 0 Å². The molecule has 0 bridgehead atoms. The minimum Gasteiger partial charge on any atom is -0.387 e. The lowest BCUT2D eigenvalue weighted by atomic mass is 9.95. The Labute approximate surface area is 103 Å². The van der Waals surface area contributed by atoms with Gasteiger partial charge >= 0.3 is 0 Å². The summed E-state index contributed by atoms with van der Waals surface area (Å²) in [5.74, 6) is -0.312. The zero-order chi connectivity index (χ0) is 11.5. The second-order valence-corrected chi connectivity index (χ2v) is 5.02. The molecule has 0 saturated carbocycles. The Bertz CT molecular complexity index is 366. The first-order chi connectivity index (χ1) is 7.68. The Morgan fingerprint density at radius 2 is 2.25 bits per heavy atom. The number of piperidine rings is 1. The Hall–Kier alpha value is -0.450. The van der Waals surface area contributed by atoms with Gasteiger partial charge in [0.1, 0.15) is 5.82 Å². The van der Waals surface area contributed by atoms with Crippen LogP contribution in [0.25, 0.3) is 0 Å². The Morgan fingerprint density at radius 3 is 2.94 bits per heavy atom. The van der Waals surface area contributed by atoms with Gasteiger partial charge < -0.3 is 10.4 Å². The van der Waals surface area contributed by atoms with Crippen LogP contribution in [-0.4, -0.2) is 17.7 Å². The quantitative estimate of drug-likeness (QED) is 0.877. The van der Waals surface area contributed by atoms with E-state index in [0.717, 1.165) is 30.3 Å². The molecule has 0 radical (unpaired) electrons. The monoisotopic (exact) mass is 287 g/mol. The van der Waals surface area contributed by atoms with Gasteiger partial charge in [-0.2, -0.15) is 0 Å². The summed E-state index contributed by atoms with van der Waals surface area (Å²) in [7, 11) is 0. The van der Waals surface area contributed by atoms with Crippen molar-refractivity contribution >= 4 is 15.9 Å². The molecule has 1 aromatic rings. The van der Waals surface area contributed by atoms with Crippen LogP contribution in [0.2, 0.25) is 0 Å². The molecule has 2 atom stereocenters. The van der Waals surface area contributed by atoms with Gasteiger partial charge in [0, 0.05) is 10.5 Å². The van der Waals surface area contributed by atoms with Crippen molar-refractivity contribution in [1.82, 2.24) is 5.32 Å². The normalized spacial score (nSPS) is 23.1. The van der Waals surface area contributed by atoms with Crippen molar-refractivity contribution < 1.29 is 9.50 Å². The third-order valence-corrected chi connectivity index (χ3v) is 3.73. The van der Waals surface area contributed by atoms with E-state index in [0.29, 0.717) is 5.56 Å². The predicted octanol–water partition coefficient (Wildman–Crippen LogP) is 2.76. The summed E-state index contributed by atoms with van der Waals surface area (Å²) >= 11 is 3.34. The van der Waals surface area contributed by atoms with Crippen LogP contribution in [0.5, 0.6) is 0 Å². The van der Waals surface area contributed by atoms with Crippen LogP contribution in [0, 0.1) is 5.82 Å². The van der Waals surface area contributed by atoms with Crippen LogP contribution in [-0.2, 0) is 0 Å². The average molecular weight is 288 g/mol. The molecule has 2 N–H and O–H groups in total. The summed E-state index contributed by atoms with van der Waals surface area (Å²) in [4.78, 5) is 0. The number of benzene rings is 1. The van der Waals surface area contributed by atoms with Crippen LogP contribution in [0.1, 0.15) is 30.9 Å². The first-order valence-electron chi connectivity index (χ1n) is 5.55. The van der Waals surface area contributed by atoms with Crippen LogP contribution < -0.4 is 5.32 Å². The summed E-state index contributed by atoms with van der Waals surface area (Å²) in [6.45, 7) is 0.925. The Morgan fingerprint density at radius 1 is 1.44 bits per heavy atom. The van der Waals surface area contributed by atoms with Gasteiger partial charge in [0.15, 0.2) is 0 Å². The van der Waals surface area contributed by atoms with Gasteiger partial charge in [-0.1, -0.05) is 22.4 Å². The molecule has 1 saturated heterocycles. The maximum Gasteiger partial charge on any atom is 0.123 e. The standard InChI is InChI=1S/C12H15BrFNO/c13-10-5-4-8(14)7-9(10)12(16)11-3-1-2-6-15-11/h4-5,7,11-12,15-16H,1-3,6H2. The van der Waals surface area contributed by atoms with E-state index >= 15 is 0 Å². The van der Waals surface area contributed by atoms with Crippen molar-refractivity contribution in [3.8, 4) is 0 Å². The third-order valence-electron chi connectivity index (χ3n) is 3.01. The predicted molar refractivity (Wildman–Crippen MR) is 64.7 cm³/mol.